The molecule has 8 N–H and O–H groups in total. The minimum absolute atomic E-state index is 0.364. The van der Waals surface area contributed by atoms with Gasteiger partial charge in [0.1, 0.15) is 0 Å². The van der Waals surface area contributed by atoms with E-state index in [1.807, 2.05) is 13.8 Å². The Labute approximate surface area is 236 Å². The third-order valence-corrected chi connectivity index (χ3v) is 6.22. The van der Waals surface area contributed by atoms with Gasteiger partial charge in [0, 0.05) is 26.2 Å². The van der Waals surface area contributed by atoms with Crippen LogP contribution in [-0.4, -0.2) is 130 Å². The van der Waals surface area contributed by atoms with E-state index in [0.29, 0.717) is 119 Å². The highest BCUT2D eigenvalue weighted by Crippen LogP contribution is 2.28. The van der Waals surface area contributed by atoms with Crippen molar-refractivity contribution in [1.29, 1.82) is 0 Å². The van der Waals surface area contributed by atoms with Crippen LogP contribution in [0, 0.1) is 5.41 Å². The van der Waals surface area contributed by atoms with Crippen LogP contribution in [0.4, 0.5) is 0 Å². The van der Waals surface area contributed by atoms with E-state index in [1.54, 1.807) is 0 Å². The quantitative estimate of drug-likeness (QED) is 0.0871. The molecule has 0 saturated carbocycles. The fraction of sp³-hybridized carbons (Fsp3) is 1.00. The van der Waals surface area contributed by atoms with Crippen molar-refractivity contribution in [2.45, 2.75) is 51.7 Å². The van der Waals surface area contributed by atoms with E-state index in [4.69, 9.17) is 60.8 Å². The Bertz CT molecular complexity index is 507. The highest BCUT2D eigenvalue weighted by Gasteiger charge is 2.36. The van der Waals surface area contributed by atoms with E-state index in [1.165, 1.54) is 0 Å². The molecule has 12 heteroatoms. The Hall–Kier alpha value is -0.480. The first kappa shape index (κ1) is 38.5. The molecule has 0 aliphatic rings. The SMILES string of the molecule is CCC(C)(CCOC(C)(C)CN)OCC(COCCOCCN)(COCCOCCN)COCCOCCN. The summed E-state index contributed by atoms with van der Waals surface area (Å²) in [4.78, 5) is 0. The van der Waals surface area contributed by atoms with Gasteiger partial charge < -0.3 is 60.8 Å². The molecule has 0 aromatic carbocycles. The summed E-state index contributed by atoms with van der Waals surface area (Å²) in [6, 6.07) is 0. The molecule has 39 heavy (non-hydrogen) atoms. The monoisotopic (exact) mass is 568 g/mol. The molecule has 0 saturated heterocycles. The summed E-state index contributed by atoms with van der Waals surface area (Å²) >= 11 is 0. The summed E-state index contributed by atoms with van der Waals surface area (Å²) in [6.07, 6.45) is 1.53. The highest BCUT2D eigenvalue weighted by atomic mass is 16.6. The van der Waals surface area contributed by atoms with E-state index in [9.17, 15) is 0 Å². The van der Waals surface area contributed by atoms with E-state index in [2.05, 4.69) is 13.8 Å². The second-order valence-corrected chi connectivity index (χ2v) is 10.5. The van der Waals surface area contributed by atoms with Gasteiger partial charge in [-0.15, -0.1) is 0 Å². The van der Waals surface area contributed by atoms with Gasteiger partial charge in [0.2, 0.25) is 0 Å². The van der Waals surface area contributed by atoms with Crippen molar-refractivity contribution < 1.29 is 37.9 Å². The smallest absolute Gasteiger partial charge is 0.0748 e. The molecule has 1 unspecified atom stereocenters. The van der Waals surface area contributed by atoms with Gasteiger partial charge in [-0.3, -0.25) is 0 Å². The number of hydrogen-bond donors (Lipinski definition) is 4. The lowest BCUT2D eigenvalue weighted by Crippen LogP contribution is -2.46. The lowest BCUT2D eigenvalue weighted by atomic mass is 9.90. The zero-order chi connectivity index (χ0) is 29.3. The first-order valence-electron chi connectivity index (χ1n) is 14.3. The molecule has 0 amide bonds. The van der Waals surface area contributed by atoms with Crippen molar-refractivity contribution in [2.24, 2.45) is 28.3 Å². The molecule has 0 heterocycles. The lowest BCUT2D eigenvalue weighted by molar-refractivity contribution is -0.155. The second-order valence-electron chi connectivity index (χ2n) is 10.5. The second kappa shape index (κ2) is 24.2. The fourth-order valence-electron chi connectivity index (χ4n) is 3.31. The Kier molecular flexibility index (Phi) is 23.9. The van der Waals surface area contributed by atoms with E-state index in [-0.39, 0.29) is 5.60 Å². The Morgan fingerprint density at radius 1 is 0.487 bits per heavy atom. The van der Waals surface area contributed by atoms with Crippen LogP contribution >= 0.6 is 0 Å². The van der Waals surface area contributed by atoms with Gasteiger partial charge in [-0.25, -0.2) is 0 Å². The molecule has 0 aliphatic heterocycles. The van der Waals surface area contributed by atoms with Gasteiger partial charge in [-0.05, 0) is 33.6 Å². The third-order valence-electron chi connectivity index (χ3n) is 6.22. The zero-order valence-corrected chi connectivity index (χ0v) is 25.2. The molecule has 0 rings (SSSR count). The van der Waals surface area contributed by atoms with Crippen LogP contribution in [0.2, 0.25) is 0 Å². The van der Waals surface area contributed by atoms with Gasteiger partial charge in [0.15, 0.2) is 0 Å². The zero-order valence-electron chi connectivity index (χ0n) is 25.2. The fourth-order valence-corrected chi connectivity index (χ4v) is 3.31. The molecular formula is C27H60N4O8. The molecule has 1 atom stereocenters. The van der Waals surface area contributed by atoms with Gasteiger partial charge in [0.25, 0.3) is 0 Å². The lowest BCUT2D eigenvalue weighted by Gasteiger charge is -2.38. The van der Waals surface area contributed by atoms with E-state index < -0.39 is 11.0 Å². The summed E-state index contributed by atoms with van der Waals surface area (Å²) in [7, 11) is 0. The largest absolute Gasteiger partial charge is 0.378 e. The van der Waals surface area contributed by atoms with Crippen LogP contribution in [0.5, 0.6) is 0 Å². The molecule has 0 bridgehead atoms. The molecule has 0 fully saturated rings. The van der Waals surface area contributed by atoms with E-state index in [0.717, 1.165) is 12.8 Å². The molecule has 0 aliphatic carbocycles. The maximum atomic E-state index is 6.58. The average Bonchev–Trinajstić information content (AvgIpc) is 2.93. The van der Waals surface area contributed by atoms with Crippen molar-refractivity contribution in [3.8, 4) is 0 Å². The molecule has 0 radical (unpaired) electrons. The van der Waals surface area contributed by atoms with Gasteiger partial charge in [-0.2, -0.15) is 0 Å². The maximum Gasteiger partial charge on any atom is 0.0748 e. The van der Waals surface area contributed by atoms with Gasteiger partial charge in [0.05, 0.1) is 109 Å². The van der Waals surface area contributed by atoms with Crippen LogP contribution < -0.4 is 22.9 Å². The van der Waals surface area contributed by atoms with Crippen LogP contribution in [0.3, 0.4) is 0 Å². The number of hydrogen-bond acceptors (Lipinski definition) is 12. The van der Waals surface area contributed by atoms with Crippen molar-refractivity contribution in [3.63, 3.8) is 0 Å². The Morgan fingerprint density at radius 2 is 0.897 bits per heavy atom. The normalized spacial score (nSPS) is 14.2. The van der Waals surface area contributed by atoms with Gasteiger partial charge >= 0.3 is 0 Å². The summed E-state index contributed by atoms with van der Waals surface area (Å²) in [5, 5.41) is 0. The first-order valence-corrected chi connectivity index (χ1v) is 14.3. The van der Waals surface area contributed by atoms with Crippen LogP contribution in [-0.2, 0) is 37.9 Å². The number of ether oxygens (including phenoxy) is 8. The predicted octanol–water partition coefficient (Wildman–Crippen LogP) is 0.278. The Morgan fingerprint density at radius 3 is 1.26 bits per heavy atom. The molecule has 12 nitrogen and oxygen atoms in total. The van der Waals surface area contributed by atoms with Crippen molar-refractivity contribution in [2.75, 3.05) is 119 Å². The van der Waals surface area contributed by atoms with Crippen LogP contribution in [0.15, 0.2) is 0 Å². The van der Waals surface area contributed by atoms with Gasteiger partial charge in [-0.1, -0.05) is 6.92 Å². The van der Waals surface area contributed by atoms with Crippen LogP contribution in [0.25, 0.3) is 0 Å². The maximum absolute atomic E-state index is 6.58. The molecule has 0 spiro atoms. The van der Waals surface area contributed by atoms with Crippen molar-refractivity contribution >= 4 is 0 Å². The average molecular weight is 569 g/mol. The molecule has 0 aromatic heterocycles. The van der Waals surface area contributed by atoms with E-state index >= 15 is 0 Å². The Balaban J connectivity index is 5.35. The molecular weight excluding hydrogens is 508 g/mol. The molecule has 236 valence electrons. The van der Waals surface area contributed by atoms with Crippen molar-refractivity contribution in [1.82, 2.24) is 0 Å². The first-order chi connectivity index (χ1) is 18.7. The summed E-state index contributed by atoms with van der Waals surface area (Å²) in [5.41, 5.74) is 21.0. The minimum Gasteiger partial charge on any atom is -0.378 e. The topological polar surface area (TPSA) is 178 Å². The molecule has 0 aromatic rings. The summed E-state index contributed by atoms with van der Waals surface area (Å²) in [6.45, 7) is 16.2. The predicted molar refractivity (Wildman–Crippen MR) is 153 cm³/mol. The minimum atomic E-state index is -0.566. The third kappa shape index (κ3) is 21.0. The van der Waals surface area contributed by atoms with Crippen LogP contribution in [0.1, 0.15) is 40.5 Å². The number of rotatable bonds is 30. The summed E-state index contributed by atoms with van der Waals surface area (Å²) in [5.74, 6) is 0. The highest BCUT2D eigenvalue weighted by molar-refractivity contribution is 4.83. The number of nitrogens with two attached hydrogens (primary N) is 4. The van der Waals surface area contributed by atoms with Crippen molar-refractivity contribution in [3.05, 3.63) is 0 Å². The standard InChI is InChI=1S/C27H60N4O8/c1-5-26(4,6-10-38-25(2,3)20-31)39-24-27(21-35-17-14-32-11-7-28,22-36-18-15-33-12-8-29)23-37-19-16-34-13-9-30/h5-24,28-31H2,1-4H3. The summed E-state index contributed by atoms with van der Waals surface area (Å²) < 4.78 is 47.1.